The second-order valence-electron chi connectivity index (χ2n) is 7.49. The van der Waals surface area contributed by atoms with E-state index in [1.54, 1.807) is 36.6 Å². The van der Waals surface area contributed by atoms with Crippen molar-refractivity contribution in [3.63, 3.8) is 0 Å². The number of benzene rings is 2. The van der Waals surface area contributed by atoms with Gasteiger partial charge in [0.15, 0.2) is 0 Å². The molecule has 34 heavy (non-hydrogen) atoms. The van der Waals surface area contributed by atoms with E-state index in [-0.39, 0.29) is 25.2 Å². The smallest absolute Gasteiger partial charge is 0.339 e. The van der Waals surface area contributed by atoms with Crippen LogP contribution in [0.3, 0.4) is 0 Å². The van der Waals surface area contributed by atoms with E-state index in [2.05, 4.69) is 21.2 Å². The average molecular weight is 577 g/mol. The first-order chi connectivity index (χ1) is 16.1. The summed E-state index contributed by atoms with van der Waals surface area (Å²) in [5.41, 5.74) is 2.45. The Labute approximate surface area is 213 Å². The second-order valence-corrected chi connectivity index (χ2v) is 12.1. The predicted molar refractivity (Wildman–Crippen MR) is 138 cm³/mol. The lowest BCUT2D eigenvalue weighted by Crippen LogP contribution is -2.14. The number of carbonyl (C=O) groups excluding carboxylic acids is 1. The Hall–Kier alpha value is -2.79. The van der Waals surface area contributed by atoms with Gasteiger partial charge in [0.2, 0.25) is 9.84 Å². The SMILES string of the molecule is Cc1ccc(S(=O)(=O)c2csc(C(=O)Nc3scc(-c4ccc(Br)cc4)c3C(=O)O)c2C)cc1. The molecule has 4 rings (SSSR count). The topological polar surface area (TPSA) is 101 Å². The molecule has 6 nitrogen and oxygen atoms in total. The highest BCUT2D eigenvalue weighted by molar-refractivity contribution is 9.10. The summed E-state index contributed by atoms with van der Waals surface area (Å²) in [4.78, 5) is 25.5. The van der Waals surface area contributed by atoms with Gasteiger partial charge in [-0.15, -0.1) is 22.7 Å². The Bertz CT molecular complexity index is 1500. The van der Waals surface area contributed by atoms with E-state index >= 15 is 0 Å². The third-order valence-corrected chi connectivity index (χ3v) is 9.76. The zero-order valence-electron chi connectivity index (χ0n) is 18.0. The molecule has 0 atom stereocenters. The number of hydrogen-bond acceptors (Lipinski definition) is 6. The van der Waals surface area contributed by atoms with Crippen LogP contribution in [0.25, 0.3) is 11.1 Å². The highest BCUT2D eigenvalue weighted by atomic mass is 79.9. The van der Waals surface area contributed by atoms with E-state index in [1.165, 1.54) is 17.5 Å². The summed E-state index contributed by atoms with van der Waals surface area (Å²) < 4.78 is 27.0. The third kappa shape index (κ3) is 4.58. The minimum atomic E-state index is -3.79. The number of amides is 1. The average Bonchev–Trinajstić information content (AvgIpc) is 3.38. The maximum atomic E-state index is 13.1. The lowest BCUT2D eigenvalue weighted by Gasteiger charge is -2.07. The van der Waals surface area contributed by atoms with Crippen LogP contribution in [0.5, 0.6) is 0 Å². The molecule has 0 radical (unpaired) electrons. The molecule has 2 heterocycles. The molecule has 2 aromatic heterocycles. The highest BCUT2D eigenvalue weighted by Crippen LogP contribution is 2.37. The molecule has 2 N–H and O–H groups in total. The fourth-order valence-corrected chi connectivity index (χ4v) is 7.43. The van der Waals surface area contributed by atoms with Crippen molar-refractivity contribution in [3.8, 4) is 11.1 Å². The van der Waals surface area contributed by atoms with Crippen LogP contribution in [0.4, 0.5) is 5.00 Å². The van der Waals surface area contributed by atoms with Crippen molar-refractivity contribution in [2.45, 2.75) is 23.6 Å². The standard InChI is InChI=1S/C24H18BrNO5S3/c1-13-3-9-17(10-4-13)34(30,31)19-12-32-21(14(19)2)22(27)26-23-20(24(28)29)18(11-33-23)15-5-7-16(25)8-6-15/h3-12H,1-2H3,(H,26,27)(H,28,29). The largest absolute Gasteiger partial charge is 0.478 e. The molecule has 4 aromatic rings. The molecule has 2 aromatic carbocycles. The van der Waals surface area contributed by atoms with Crippen LogP contribution in [-0.4, -0.2) is 25.4 Å². The maximum Gasteiger partial charge on any atom is 0.339 e. The van der Waals surface area contributed by atoms with Crippen molar-refractivity contribution in [3.05, 3.63) is 85.3 Å². The van der Waals surface area contributed by atoms with Gasteiger partial charge in [0.05, 0.1) is 14.7 Å². The Morgan fingerprint density at radius 1 is 0.941 bits per heavy atom. The van der Waals surface area contributed by atoms with Crippen molar-refractivity contribution < 1.29 is 23.1 Å². The molecule has 174 valence electrons. The lowest BCUT2D eigenvalue weighted by molar-refractivity contribution is 0.0699. The minimum absolute atomic E-state index is 0.0117. The summed E-state index contributed by atoms with van der Waals surface area (Å²) in [6, 6.07) is 13.7. The summed E-state index contributed by atoms with van der Waals surface area (Å²) in [6.45, 7) is 3.44. The Balaban J connectivity index is 1.66. The molecule has 0 fully saturated rings. The number of carboxylic acid groups (broad SMARTS) is 1. The first-order valence-corrected chi connectivity index (χ1v) is 13.9. The lowest BCUT2D eigenvalue weighted by atomic mass is 10.0. The fraction of sp³-hybridized carbons (Fsp3) is 0.0833. The van der Waals surface area contributed by atoms with Crippen LogP contribution in [0.1, 0.15) is 31.2 Å². The number of anilines is 1. The number of halogens is 1. The van der Waals surface area contributed by atoms with Gasteiger partial charge in [-0.2, -0.15) is 0 Å². The number of sulfone groups is 1. The van der Waals surface area contributed by atoms with E-state index in [0.717, 1.165) is 32.7 Å². The van der Waals surface area contributed by atoms with Crippen molar-refractivity contribution in [1.29, 1.82) is 0 Å². The van der Waals surface area contributed by atoms with Gasteiger partial charge >= 0.3 is 5.97 Å². The van der Waals surface area contributed by atoms with Gasteiger partial charge in [0, 0.05) is 20.8 Å². The number of carbonyl (C=O) groups is 2. The van der Waals surface area contributed by atoms with Gasteiger partial charge in [-0.05, 0) is 49.2 Å². The molecule has 0 bridgehead atoms. The van der Waals surface area contributed by atoms with E-state index in [4.69, 9.17) is 0 Å². The molecule has 0 spiro atoms. The summed E-state index contributed by atoms with van der Waals surface area (Å²) >= 11 is 5.47. The van der Waals surface area contributed by atoms with Gasteiger partial charge < -0.3 is 10.4 Å². The Morgan fingerprint density at radius 3 is 2.21 bits per heavy atom. The summed E-state index contributed by atoms with van der Waals surface area (Å²) in [5.74, 6) is -1.72. The summed E-state index contributed by atoms with van der Waals surface area (Å²) in [5, 5.41) is 15.8. The number of nitrogens with one attached hydrogen (secondary N) is 1. The predicted octanol–water partition coefficient (Wildman–Crippen LogP) is 6.64. The number of carboxylic acids is 1. The van der Waals surface area contributed by atoms with Crippen LogP contribution >= 0.6 is 38.6 Å². The molecule has 10 heteroatoms. The van der Waals surface area contributed by atoms with Crippen molar-refractivity contribution in [2.24, 2.45) is 0 Å². The molecule has 0 saturated heterocycles. The molecular weight excluding hydrogens is 558 g/mol. The summed E-state index contributed by atoms with van der Waals surface area (Å²) in [6.07, 6.45) is 0. The zero-order valence-corrected chi connectivity index (χ0v) is 22.0. The highest BCUT2D eigenvalue weighted by Gasteiger charge is 2.27. The molecule has 1 amide bonds. The van der Waals surface area contributed by atoms with Gasteiger partial charge in [-0.3, -0.25) is 4.79 Å². The van der Waals surface area contributed by atoms with E-state index < -0.39 is 21.7 Å². The quantitative estimate of drug-likeness (QED) is 0.268. The summed E-state index contributed by atoms with van der Waals surface area (Å²) in [7, 11) is -3.79. The van der Waals surface area contributed by atoms with Crippen molar-refractivity contribution in [2.75, 3.05) is 5.32 Å². The molecular formula is C24H18BrNO5S3. The molecule has 0 aliphatic heterocycles. The molecule has 0 unspecified atom stereocenters. The van der Waals surface area contributed by atoms with Crippen molar-refractivity contribution >= 4 is 65.3 Å². The maximum absolute atomic E-state index is 13.1. The fourth-order valence-electron chi connectivity index (χ4n) is 3.40. The van der Waals surface area contributed by atoms with Crippen LogP contribution < -0.4 is 5.32 Å². The minimum Gasteiger partial charge on any atom is -0.478 e. The number of thiophene rings is 2. The van der Waals surface area contributed by atoms with Gasteiger partial charge in [0.25, 0.3) is 5.91 Å². The van der Waals surface area contributed by atoms with Crippen LogP contribution in [-0.2, 0) is 9.84 Å². The molecule has 0 aliphatic carbocycles. The normalized spacial score (nSPS) is 11.4. The van der Waals surface area contributed by atoms with Gasteiger partial charge in [-0.1, -0.05) is 45.8 Å². The van der Waals surface area contributed by atoms with Crippen LogP contribution in [0.15, 0.2) is 73.6 Å². The Kier molecular flexibility index (Phi) is 6.77. The van der Waals surface area contributed by atoms with E-state index in [9.17, 15) is 23.1 Å². The van der Waals surface area contributed by atoms with Gasteiger partial charge in [0.1, 0.15) is 10.6 Å². The Morgan fingerprint density at radius 2 is 1.59 bits per heavy atom. The van der Waals surface area contributed by atoms with Gasteiger partial charge in [-0.25, -0.2) is 13.2 Å². The monoisotopic (exact) mass is 575 g/mol. The molecule has 0 saturated carbocycles. The third-order valence-electron chi connectivity index (χ3n) is 5.21. The second kappa shape index (κ2) is 9.46. The number of aryl methyl sites for hydroxylation is 1. The number of rotatable bonds is 6. The number of hydrogen-bond donors (Lipinski definition) is 2. The van der Waals surface area contributed by atoms with Crippen LogP contribution in [0.2, 0.25) is 0 Å². The first-order valence-electron chi connectivity index (χ1n) is 9.91. The van der Waals surface area contributed by atoms with Crippen LogP contribution in [0, 0.1) is 13.8 Å². The van der Waals surface area contributed by atoms with Crippen molar-refractivity contribution in [1.82, 2.24) is 0 Å². The van der Waals surface area contributed by atoms with E-state index in [0.29, 0.717) is 16.7 Å². The zero-order chi connectivity index (χ0) is 24.6. The number of aromatic carboxylic acids is 1. The van der Waals surface area contributed by atoms with E-state index in [1.807, 2.05) is 19.1 Å². The molecule has 0 aliphatic rings. The first kappa shape index (κ1) is 24.3.